The van der Waals surface area contributed by atoms with Crippen molar-refractivity contribution in [1.82, 2.24) is 0 Å². The molecule has 0 aromatic heterocycles. The zero-order valence-corrected chi connectivity index (χ0v) is 18.6. The van der Waals surface area contributed by atoms with Gasteiger partial charge in [0.15, 0.2) is 0 Å². The quantitative estimate of drug-likeness (QED) is 0.196. The average Bonchev–Trinajstić information content (AvgIpc) is 2.92. The minimum Gasteiger partial charge on any atom is -0.469 e. The number of rotatable bonds is 12. The number of aliphatic hydroxyl groups is 2. The van der Waals surface area contributed by atoms with Crippen LogP contribution in [0.15, 0.2) is 24.3 Å². The van der Waals surface area contributed by atoms with Gasteiger partial charge in [0.25, 0.3) is 0 Å². The van der Waals surface area contributed by atoms with Gasteiger partial charge in [0, 0.05) is 17.2 Å². The summed E-state index contributed by atoms with van der Waals surface area (Å²) in [5.74, 6) is 0.445. The summed E-state index contributed by atoms with van der Waals surface area (Å²) in [6.45, 7) is 4.24. The van der Waals surface area contributed by atoms with Gasteiger partial charge in [-0.25, -0.2) is 0 Å². The molecule has 1 unspecified atom stereocenters. The van der Waals surface area contributed by atoms with E-state index in [0.717, 1.165) is 44.9 Å². The summed E-state index contributed by atoms with van der Waals surface area (Å²) < 4.78 is 4.64. The molecule has 1 saturated carbocycles. The van der Waals surface area contributed by atoms with Crippen molar-refractivity contribution < 1.29 is 19.7 Å². The van der Waals surface area contributed by atoms with Crippen LogP contribution in [0.2, 0.25) is 0 Å². The Morgan fingerprint density at radius 3 is 2.74 bits per heavy atom. The van der Waals surface area contributed by atoms with Crippen LogP contribution in [-0.2, 0) is 9.53 Å². The number of carbonyl (C=O) groups is 1. The Kier molecular flexibility index (Phi) is 12.2. The molecule has 0 aromatic rings. The van der Waals surface area contributed by atoms with E-state index in [1.165, 1.54) is 7.11 Å². The van der Waals surface area contributed by atoms with Crippen molar-refractivity contribution in [3.05, 3.63) is 24.3 Å². The van der Waals surface area contributed by atoms with E-state index in [9.17, 15) is 15.0 Å². The van der Waals surface area contributed by atoms with E-state index < -0.39 is 6.10 Å². The average molecular weight is 445 g/mol. The van der Waals surface area contributed by atoms with E-state index in [-0.39, 0.29) is 28.7 Å². The molecule has 0 bridgehead atoms. The van der Waals surface area contributed by atoms with Gasteiger partial charge in [-0.05, 0) is 43.9 Å². The van der Waals surface area contributed by atoms with Crippen molar-refractivity contribution in [2.45, 2.75) is 82.2 Å². The number of esters is 1. The lowest BCUT2D eigenvalue weighted by atomic mass is 9.89. The number of hydrogen-bond acceptors (Lipinski definition) is 4. The number of methoxy groups -OCH3 is 1. The molecule has 4 nitrogen and oxygen atoms in total. The van der Waals surface area contributed by atoms with Crippen LogP contribution in [0.3, 0.4) is 0 Å². The van der Waals surface area contributed by atoms with E-state index >= 15 is 0 Å². The third-order valence-corrected chi connectivity index (χ3v) is 6.60. The Balaban J connectivity index is 2.51. The molecule has 0 spiro atoms. The first-order valence-corrected chi connectivity index (χ1v) is 11.2. The van der Waals surface area contributed by atoms with Crippen LogP contribution in [0, 0.1) is 17.8 Å². The number of carbonyl (C=O) groups excluding carboxylic acids is 1. The van der Waals surface area contributed by atoms with Crippen LogP contribution in [-0.4, -0.2) is 40.3 Å². The Labute approximate surface area is 173 Å². The summed E-state index contributed by atoms with van der Waals surface area (Å²) in [6.07, 6.45) is 14.3. The standard InChI is InChI=1S/C22H37BrO4/c1-4-5-10-16(2)20(24)14-13-18-17(19(23)15-21(18)25)11-8-6-7-9-12-22(26)27-3/h6,8,13-14,16-21,24-25H,4-5,7,9-12,15H2,1-3H3/t16?,17-,18-,19+,20-,21-/m1/s1. The highest BCUT2D eigenvalue weighted by atomic mass is 79.9. The largest absolute Gasteiger partial charge is 0.469 e. The second kappa shape index (κ2) is 13.5. The topological polar surface area (TPSA) is 66.8 Å². The lowest BCUT2D eigenvalue weighted by Gasteiger charge is -2.21. The van der Waals surface area contributed by atoms with E-state index in [1.807, 2.05) is 12.2 Å². The van der Waals surface area contributed by atoms with Gasteiger partial charge in [-0.15, -0.1) is 0 Å². The summed E-state index contributed by atoms with van der Waals surface area (Å²) in [7, 11) is 1.41. The van der Waals surface area contributed by atoms with Gasteiger partial charge in [0.1, 0.15) is 0 Å². The number of unbranched alkanes of at least 4 members (excludes halogenated alkanes) is 2. The van der Waals surface area contributed by atoms with Crippen molar-refractivity contribution >= 4 is 21.9 Å². The first-order chi connectivity index (χ1) is 12.9. The third-order valence-electron chi connectivity index (χ3n) is 5.55. The number of allylic oxidation sites excluding steroid dienone is 2. The smallest absolute Gasteiger partial charge is 0.305 e. The first-order valence-electron chi connectivity index (χ1n) is 10.3. The fraction of sp³-hybridized carbons (Fsp3) is 0.773. The highest BCUT2D eigenvalue weighted by Crippen LogP contribution is 2.40. The Morgan fingerprint density at radius 1 is 1.33 bits per heavy atom. The molecule has 1 fully saturated rings. The monoisotopic (exact) mass is 444 g/mol. The molecule has 27 heavy (non-hydrogen) atoms. The maximum atomic E-state index is 11.1. The SMILES string of the molecule is CCCCC(C)[C@H](O)C=C[C@@H]1[C@@H](CC=CCCCC(=O)OC)[C@@H](Br)C[C@H]1O. The molecule has 0 aromatic carbocycles. The highest BCUT2D eigenvalue weighted by molar-refractivity contribution is 9.09. The van der Waals surface area contributed by atoms with Gasteiger partial charge >= 0.3 is 5.97 Å². The van der Waals surface area contributed by atoms with Crippen LogP contribution in [0.5, 0.6) is 0 Å². The van der Waals surface area contributed by atoms with Gasteiger partial charge in [-0.3, -0.25) is 4.79 Å². The second-order valence-corrected chi connectivity index (χ2v) is 8.91. The number of hydrogen-bond donors (Lipinski definition) is 2. The van der Waals surface area contributed by atoms with Crippen LogP contribution >= 0.6 is 15.9 Å². The predicted octanol–water partition coefficient (Wildman–Crippen LogP) is 4.78. The second-order valence-electron chi connectivity index (χ2n) is 7.73. The zero-order valence-electron chi connectivity index (χ0n) is 17.0. The van der Waals surface area contributed by atoms with E-state index in [0.29, 0.717) is 12.3 Å². The summed E-state index contributed by atoms with van der Waals surface area (Å²) in [6, 6.07) is 0. The molecule has 1 rings (SSSR count). The molecule has 6 atom stereocenters. The molecular weight excluding hydrogens is 408 g/mol. The first kappa shape index (κ1) is 24.4. The molecule has 156 valence electrons. The maximum absolute atomic E-state index is 11.1. The number of alkyl halides is 1. The molecule has 0 radical (unpaired) electrons. The molecule has 0 heterocycles. The predicted molar refractivity (Wildman–Crippen MR) is 114 cm³/mol. The van der Waals surface area contributed by atoms with E-state index in [1.54, 1.807) is 0 Å². The molecule has 0 amide bonds. The van der Waals surface area contributed by atoms with Crippen LogP contribution < -0.4 is 0 Å². The Morgan fingerprint density at radius 2 is 2.07 bits per heavy atom. The molecule has 1 aliphatic carbocycles. The minimum atomic E-state index is -0.451. The normalized spacial score (nSPS) is 28.1. The molecule has 0 aliphatic heterocycles. The van der Waals surface area contributed by atoms with Gasteiger partial charge < -0.3 is 14.9 Å². The lowest BCUT2D eigenvalue weighted by Crippen LogP contribution is -2.20. The fourth-order valence-electron chi connectivity index (χ4n) is 3.63. The maximum Gasteiger partial charge on any atom is 0.305 e. The number of ether oxygens (including phenoxy) is 1. The molecule has 2 N–H and O–H groups in total. The Hall–Kier alpha value is -0.650. The molecule has 1 aliphatic rings. The van der Waals surface area contributed by atoms with Crippen molar-refractivity contribution in [3.8, 4) is 0 Å². The lowest BCUT2D eigenvalue weighted by molar-refractivity contribution is -0.140. The fourth-order valence-corrected chi connectivity index (χ4v) is 4.58. The summed E-state index contributed by atoms with van der Waals surface area (Å²) in [5.41, 5.74) is 0. The Bertz CT molecular complexity index is 477. The van der Waals surface area contributed by atoms with Crippen LogP contribution in [0.1, 0.15) is 65.2 Å². The van der Waals surface area contributed by atoms with Gasteiger partial charge in [0.2, 0.25) is 0 Å². The molecule has 5 heteroatoms. The minimum absolute atomic E-state index is 0.0575. The van der Waals surface area contributed by atoms with Crippen LogP contribution in [0.25, 0.3) is 0 Å². The van der Waals surface area contributed by atoms with Crippen molar-refractivity contribution in [2.75, 3.05) is 7.11 Å². The van der Waals surface area contributed by atoms with Gasteiger partial charge in [0.05, 0.1) is 19.3 Å². The molecular formula is C22H37BrO4. The summed E-state index contributed by atoms with van der Waals surface area (Å²) in [4.78, 5) is 11.4. The van der Waals surface area contributed by atoms with E-state index in [4.69, 9.17) is 0 Å². The van der Waals surface area contributed by atoms with Gasteiger partial charge in [-0.1, -0.05) is 66.9 Å². The number of halogens is 1. The summed E-state index contributed by atoms with van der Waals surface area (Å²) >= 11 is 3.72. The van der Waals surface area contributed by atoms with Gasteiger partial charge in [-0.2, -0.15) is 0 Å². The third kappa shape index (κ3) is 8.93. The van der Waals surface area contributed by atoms with Crippen molar-refractivity contribution in [1.29, 1.82) is 0 Å². The highest BCUT2D eigenvalue weighted by Gasteiger charge is 2.39. The van der Waals surface area contributed by atoms with E-state index in [2.05, 4.69) is 46.7 Å². The zero-order chi connectivity index (χ0) is 20.2. The summed E-state index contributed by atoms with van der Waals surface area (Å²) in [5, 5.41) is 20.8. The molecule has 0 saturated heterocycles. The van der Waals surface area contributed by atoms with Crippen molar-refractivity contribution in [3.63, 3.8) is 0 Å². The number of aliphatic hydroxyl groups excluding tert-OH is 2. The van der Waals surface area contributed by atoms with Crippen LogP contribution in [0.4, 0.5) is 0 Å². The van der Waals surface area contributed by atoms with Crippen molar-refractivity contribution in [2.24, 2.45) is 17.8 Å².